The first-order valence-corrected chi connectivity index (χ1v) is 8.60. The molecule has 1 heterocycles. The van der Waals surface area contributed by atoms with Gasteiger partial charge in [0.05, 0.1) is 18.1 Å². The maximum atomic E-state index is 12.8. The minimum atomic E-state index is -3.07. The van der Waals surface area contributed by atoms with Crippen LogP contribution in [-0.2, 0) is 14.6 Å². The van der Waals surface area contributed by atoms with Crippen LogP contribution < -0.4 is 5.32 Å². The monoisotopic (exact) mass is 328 g/mol. The number of carbonyl (C=O) groups excluding carboxylic acids is 2. The maximum absolute atomic E-state index is 12.8. The van der Waals surface area contributed by atoms with Crippen molar-refractivity contribution in [2.24, 2.45) is 0 Å². The Labute approximate surface area is 128 Å². The quantitative estimate of drug-likeness (QED) is 0.856. The minimum absolute atomic E-state index is 0.0405. The average Bonchev–Trinajstić information content (AvgIpc) is 2.84. The Morgan fingerprint density at radius 1 is 1.32 bits per heavy atom. The van der Waals surface area contributed by atoms with Crippen LogP contribution in [0.5, 0.6) is 0 Å². The second-order valence-corrected chi connectivity index (χ2v) is 7.48. The van der Waals surface area contributed by atoms with Crippen molar-refractivity contribution in [3.05, 3.63) is 35.6 Å². The fourth-order valence-electron chi connectivity index (χ4n) is 2.27. The molecule has 8 heteroatoms. The number of hydrogen-bond donors (Lipinski definition) is 1. The molecule has 0 saturated carbocycles. The molecule has 1 atom stereocenters. The number of benzene rings is 1. The van der Waals surface area contributed by atoms with Gasteiger partial charge in [0.25, 0.3) is 5.91 Å². The van der Waals surface area contributed by atoms with Gasteiger partial charge in [-0.15, -0.1) is 0 Å². The summed E-state index contributed by atoms with van der Waals surface area (Å²) in [6.07, 6.45) is 0.413. The first kappa shape index (κ1) is 16.4. The van der Waals surface area contributed by atoms with Gasteiger partial charge in [0, 0.05) is 18.7 Å². The summed E-state index contributed by atoms with van der Waals surface area (Å²) >= 11 is 0. The minimum Gasteiger partial charge on any atom is -0.343 e. The molecular formula is C14H17FN2O4S. The van der Waals surface area contributed by atoms with E-state index in [2.05, 4.69) is 5.32 Å². The molecule has 2 amide bonds. The molecule has 1 fully saturated rings. The van der Waals surface area contributed by atoms with Gasteiger partial charge in [-0.05, 0) is 30.7 Å². The maximum Gasteiger partial charge on any atom is 0.251 e. The number of sulfone groups is 1. The number of likely N-dealkylation sites (N-methyl/N-ethyl adjacent to an activating group) is 1. The third-order valence-electron chi connectivity index (χ3n) is 3.66. The second-order valence-electron chi connectivity index (χ2n) is 5.25. The molecule has 1 saturated heterocycles. The summed E-state index contributed by atoms with van der Waals surface area (Å²) < 4.78 is 35.6. The lowest BCUT2D eigenvalue weighted by atomic mass is 10.2. The molecule has 1 aromatic carbocycles. The van der Waals surface area contributed by atoms with E-state index in [1.807, 2.05) is 0 Å². The lowest BCUT2D eigenvalue weighted by molar-refractivity contribution is -0.130. The summed E-state index contributed by atoms with van der Waals surface area (Å²) in [6, 6.07) is 4.61. The highest BCUT2D eigenvalue weighted by atomic mass is 32.2. The smallest absolute Gasteiger partial charge is 0.251 e. The Bertz CT molecular complexity index is 673. The first-order chi connectivity index (χ1) is 10.3. The van der Waals surface area contributed by atoms with E-state index in [-0.39, 0.29) is 35.6 Å². The number of carbonyl (C=O) groups is 2. The normalized spacial score (nSPS) is 19.6. The number of amides is 2. The van der Waals surface area contributed by atoms with Crippen molar-refractivity contribution in [3.63, 3.8) is 0 Å². The summed E-state index contributed by atoms with van der Waals surface area (Å²) in [5, 5.41) is 2.44. The lowest BCUT2D eigenvalue weighted by Gasteiger charge is -2.23. The molecule has 1 unspecified atom stereocenters. The van der Waals surface area contributed by atoms with Crippen molar-refractivity contribution in [3.8, 4) is 0 Å². The Morgan fingerprint density at radius 2 is 1.95 bits per heavy atom. The number of rotatable bonds is 4. The van der Waals surface area contributed by atoms with Crippen molar-refractivity contribution in [2.45, 2.75) is 12.5 Å². The van der Waals surface area contributed by atoms with Gasteiger partial charge in [0.15, 0.2) is 9.84 Å². The highest BCUT2D eigenvalue weighted by molar-refractivity contribution is 7.91. The van der Waals surface area contributed by atoms with E-state index in [1.54, 1.807) is 0 Å². The van der Waals surface area contributed by atoms with Crippen molar-refractivity contribution >= 4 is 21.7 Å². The highest BCUT2D eigenvalue weighted by Crippen LogP contribution is 2.16. The molecule has 120 valence electrons. The second kappa shape index (κ2) is 6.43. The van der Waals surface area contributed by atoms with Crippen LogP contribution in [0.1, 0.15) is 16.8 Å². The van der Waals surface area contributed by atoms with Crippen LogP contribution in [0.15, 0.2) is 24.3 Å². The molecule has 0 aliphatic carbocycles. The number of hydrogen-bond acceptors (Lipinski definition) is 4. The molecule has 0 radical (unpaired) electrons. The van der Waals surface area contributed by atoms with Crippen LogP contribution >= 0.6 is 0 Å². The van der Waals surface area contributed by atoms with Gasteiger partial charge in [-0.1, -0.05) is 0 Å². The Balaban J connectivity index is 1.87. The number of nitrogens with zero attached hydrogens (tertiary/aromatic N) is 1. The van der Waals surface area contributed by atoms with Gasteiger partial charge in [-0.2, -0.15) is 0 Å². The predicted molar refractivity (Wildman–Crippen MR) is 78.6 cm³/mol. The van der Waals surface area contributed by atoms with Crippen molar-refractivity contribution in [1.82, 2.24) is 10.2 Å². The summed E-state index contributed by atoms with van der Waals surface area (Å²) in [5.74, 6) is -1.26. The van der Waals surface area contributed by atoms with E-state index in [0.29, 0.717) is 6.42 Å². The molecule has 0 aromatic heterocycles. The molecule has 0 bridgehead atoms. The van der Waals surface area contributed by atoms with Crippen molar-refractivity contribution < 1.29 is 22.4 Å². The van der Waals surface area contributed by atoms with Crippen LogP contribution in [0.2, 0.25) is 0 Å². The summed E-state index contributed by atoms with van der Waals surface area (Å²) in [5.41, 5.74) is 0.250. The Kier molecular flexibility index (Phi) is 4.80. The molecule has 1 aromatic rings. The van der Waals surface area contributed by atoms with Gasteiger partial charge in [-0.25, -0.2) is 12.8 Å². The van der Waals surface area contributed by atoms with E-state index in [1.165, 1.54) is 24.1 Å². The summed E-state index contributed by atoms with van der Waals surface area (Å²) in [6.45, 7) is -0.233. The average molecular weight is 328 g/mol. The first-order valence-electron chi connectivity index (χ1n) is 6.78. The zero-order valence-corrected chi connectivity index (χ0v) is 12.9. The van der Waals surface area contributed by atoms with Crippen LogP contribution in [0.4, 0.5) is 4.39 Å². The van der Waals surface area contributed by atoms with Crippen LogP contribution in [0.3, 0.4) is 0 Å². The third kappa shape index (κ3) is 4.03. The van der Waals surface area contributed by atoms with Crippen molar-refractivity contribution in [2.75, 3.05) is 25.1 Å². The zero-order chi connectivity index (χ0) is 16.3. The molecule has 2 rings (SSSR count). The van der Waals surface area contributed by atoms with Crippen LogP contribution in [0.25, 0.3) is 0 Å². The van der Waals surface area contributed by atoms with Crippen LogP contribution in [-0.4, -0.2) is 56.3 Å². The Morgan fingerprint density at radius 3 is 2.50 bits per heavy atom. The van der Waals surface area contributed by atoms with Gasteiger partial charge < -0.3 is 10.2 Å². The number of halogens is 1. The van der Waals surface area contributed by atoms with Gasteiger partial charge in [0.2, 0.25) is 5.91 Å². The van der Waals surface area contributed by atoms with Gasteiger partial charge in [-0.3, -0.25) is 9.59 Å². The zero-order valence-electron chi connectivity index (χ0n) is 12.1. The molecule has 1 N–H and O–H groups in total. The molecule has 22 heavy (non-hydrogen) atoms. The lowest BCUT2D eigenvalue weighted by Crippen LogP contribution is -2.43. The van der Waals surface area contributed by atoms with Crippen LogP contribution in [0, 0.1) is 5.82 Å². The van der Waals surface area contributed by atoms with Gasteiger partial charge in [0.1, 0.15) is 5.82 Å². The van der Waals surface area contributed by atoms with Gasteiger partial charge >= 0.3 is 0 Å². The Hall–Kier alpha value is -1.96. The fraction of sp³-hybridized carbons (Fsp3) is 0.429. The summed E-state index contributed by atoms with van der Waals surface area (Å²) in [7, 11) is -1.54. The molecule has 6 nitrogen and oxygen atoms in total. The molecule has 0 spiro atoms. The SMILES string of the molecule is CN(C(=O)CNC(=O)c1ccc(F)cc1)C1CCS(=O)(=O)C1. The van der Waals surface area contributed by atoms with E-state index in [9.17, 15) is 22.4 Å². The molecule has 1 aliphatic heterocycles. The van der Waals surface area contributed by atoms with E-state index >= 15 is 0 Å². The molecule has 1 aliphatic rings. The van der Waals surface area contributed by atoms with E-state index < -0.39 is 21.6 Å². The topological polar surface area (TPSA) is 83.6 Å². The van der Waals surface area contributed by atoms with E-state index in [4.69, 9.17) is 0 Å². The summed E-state index contributed by atoms with van der Waals surface area (Å²) in [4.78, 5) is 25.2. The van der Waals surface area contributed by atoms with Crippen molar-refractivity contribution in [1.29, 1.82) is 0 Å². The van der Waals surface area contributed by atoms with E-state index in [0.717, 1.165) is 12.1 Å². The molecular weight excluding hydrogens is 311 g/mol. The predicted octanol–water partition coefficient (Wildman–Crippen LogP) is 0.201. The fourth-order valence-corrected chi connectivity index (χ4v) is 4.04. The highest BCUT2D eigenvalue weighted by Gasteiger charge is 2.32. The number of nitrogens with one attached hydrogen (secondary N) is 1. The largest absolute Gasteiger partial charge is 0.343 e. The third-order valence-corrected chi connectivity index (χ3v) is 5.41. The standard InChI is InChI=1S/C14H17FN2O4S/c1-17(12-6-7-22(20,21)9-12)13(18)8-16-14(19)10-2-4-11(15)5-3-10/h2-5,12H,6-9H2,1H3,(H,16,19).